The van der Waals surface area contributed by atoms with Gasteiger partial charge in [0.15, 0.2) is 0 Å². The van der Waals surface area contributed by atoms with E-state index in [1.807, 2.05) is 6.92 Å². The fourth-order valence-corrected chi connectivity index (χ4v) is 1.72. The summed E-state index contributed by atoms with van der Waals surface area (Å²) in [6.07, 6.45) is 2.10. The highest BCUT2D eigenvalue weighted by Gasteiger charge is 2.03. The number of benzene rings is 1. The van der Waals surface area contributed by atoms with Gasteiger partial charge < -0.3 is 11.1 Å². The van der Waals surface area contributed by atoms with Crippen LogP contribution in [0.1, 0.15) is 11.1 Å². The molecule has 100 valence electrons. The molecule has 0 saturated carbocycles. The molecular weight excluding hydrogens is 250 g/mol. The summed E-state index contributed by atoms with van der Waals surface area (Å²) in [7, 11) is 0. The third-order valence-corrected chi connectivity index (χ3v) is 2.62. The highest BCUT2D eigenvalue weighted by Crippen LogP contribution is 2.12. The van der Waals surface area contributed by atoms with E-state index in [1.165, 1.54) is 12.1 Å². The Hall–Kier alpha value is -2.24. The van der Waals surface area contributed by atoms with Crippen molar-refractivity contribution in [2.75, 3.05) is 17.6 Å². The molecule has 0 saturated heterocycles. The number of nitrogen functional groups attached to an aromatic ring is 1. The van der Waals surface area contributed by atoms with Crippen molar-refractivity contribution in [2.24, 2.45) is 0 Å². The monoisotopic (exact) mass is 264 g/mol. The number of rotatable bonds is 4. The maximum atomic E-state index is 13.0. The highest BCUT2D eigenvalue weighted by atomic mass is 19.1. The zero-order valence-electron chi connectivity index (χ0n) is 10.5. The minimum absolute atomic E-state index is 0.185. The van der Waals surface area contributed by atoms with Crippen LogP contribution in [0.4, 0.5) is 20.5 Å². The molecule has 0 fully saturated rings. The number of aromatic nitrogens is 2. The smallest absolute Gasteiger partial charge is 0.221 e. The van der Waals surface area contributed by atoms with Crippen LogP contribution in [0.15, 0.2) is 24.4 Å². The first-order valence-corrected chi connectivity index (χ1v) is 5.82. The van der Waals surface area contributed by atoms with Crippen LogP contribution < -0.4 is 11.1 Å². The molecule has 0 spiro atoms. The molecule has 0 radical (unpaired) electrons. The van der Waals surface area contributed by atoms with Crippen LogP contribution in [0.2, 0.25) is 0 Å². The van der Waals surface area contributed by atoms with Crippen LogP contribution in [-0.4, -0.2) is 16.5 Å². The standard InChI is InChI=1S/C13H14F2N4/c1-8-7-18-13(16)19-12(8)17-3-2-9-4-10(14)6-11(15)5-9/h4-7H,2-3H2,1H3,(H3,16,17,18,19). The van der Waals surface area contributed by atoms with Crippen molar-refractivity contribution < 1.29 is 8.78 Å². The molecule has 2 aromatic rings. The average Bonchev–Trinajstić information content (AvgIpc) is 2.32. The molecule has 0 bridgehead atoms. The molecule has 0 aliphatic heterocycles. The predicted molar refractivity (Wildman–Crippen MR) is 69.7 cm³/mol. The van der Waals surface area contributed by atoms with Crippen molar-refractivity contribution in [3.8, 4) is 0 Å². The summed E-state index contributed by atoms with van der Waals surface area (Å²) in [6, 6.07) is 3.48. The van der Waals surface area contributed by atoms with Gasteiger partial charge in [0, 0.05) is 24.4 Å². The molecule has 0 unspecified atom stereocenters. The number of nitrogens with one attached hydrogen (secondary N) is 1. The zero-order chi connectivity index (χ0) is 13.8. The van der Waals surface area contributed by atoms with Crippen LogP contribution in [0.25, 0.3) is 0 Å². The van der Waals surface area contributed by atoms with Gasteiger partial charge in [-0.15, -0.1) is 0 Å². The van der Waals surface area contributed by atoms with E-state index in [9.17, 15) is 8.78 Å². The Morgan fingerprint density at radius 2 is 1.89 bits per heavy atom. The lowest BCUT2D eigenvalue weighted by molar-refractivity contribution is 0.580. The molecule has 4 nitrogen and oxygen atoms in total. The number of anilines is 2. The van der Waals surface area contributed by atoms with E-state index < -0.39 is 11.6 Å². The van der Waals surface area contributed by atoms with E-state index in [1.54, 1.807) is 6.20 Å². The predicted octanol–water partition coefficient (Wildman–Crippen LogP) is 2.30. The quantitative estimate of drug-likeness (QED) is 0.889. The lowest BCUT2D eigenvalue weighted by Gasteiger charge is -2.08. The lowest BCUT2D eigenvalue weighted by Crippen LogP contribution is -2.09. The molecule has 0 amide bonds. The first kappa shape index (κ1) is 13.2. The summed E-state index contributed by atoms with van der Waals surface area (Å²) >= 11 is 0. The maximum absolute atomic E-state index is 13.0. The second-order valence-electron chi connectivity index (χ2n) is 4.21. The van der Waals surface area contributed by atoms with Crippen LogP contribution in [0, 0.1) is 18.6 Å². The van der Waals surface area contributed by atoms with Gasteiger partial charge in [0.1, 0.15) is 17.5 Å². The lowest BCUT2D eigenvalue weighted by atomic mass is 10.1. The van der Waals surface area contributed by atoms with Gasteiger partial charge in [-0.25, -0.2) is 13.8 Å². The van der Waals surface area contributed by atoms with Crippen LogP contribution >= 0.6 is 0 Å². The Labute approximate surface area is 109 Å². The number of nitrogens with two attached hydrogens (primary N) is 1. The van der Waals surface area contributed by atoms with Gasteiger partial charge >= 0.3 is 0 Å². The fourth-order valence-electron chi connectivity index (χ4n) is 1.72. The van der Waals surface area contributed by atoms with E-state index in [2.05, 4.69) is 15.3 Å². The van der Waals surface area contributed by atoms with Crippen molar-refractivity contribution in [2.45, 2.75) is 13.3 Å². The Bertz CT molecular complexity index is 567. The minimum atomic E-state index is -0.572. The zero-order valence-corrected chi connectivity index (χ0v) is 10.5. The van der Waals surface area contributed by atoms with Crippen LogP contribution in [-0.2, 0) is 6.42 Å². The second kappa shape index (κ2) is 5.60. The van der Waals surface area contributed by atoms with Gasteiger partial charge in [0.25, 0.3) is 0 Å². The number of hydrogen-bond donors (Lipinski definition) is 2. The normalized spacial score (nSPS) is 10.5. The third-order valence-electron chi connectivity index (χ3n) is 2.62. The molecular formula is C13H14F2N4. The van der Waals surface area contributed by atoms with Crippen LogP contribution in [0.3, 0.4) is 0 Å². The Morgan fingerprint density at radius 1 is 1.21 bits per heavy atom. The van der Waals surface area contributed by atoms with Crippen molar-refractivity contribution in [3.63, 3.8) is 0 Å². The molecule has 0 aliphatic carbocycles. The second-order valence-corrected chi connectivity index (χ2v) is 4.21. The maximum Gasteiger partial charge on any atom is 0.221 e. The minimum Gasteiger partial charge on any atom is -0.369 e. The SMILES string of the molecule is Cc1cnc(N)nc1NCCc1cc(F)cc(F)c1. The van der Waals surface area contributed by atoms with E-state index in [0.29, 0.717) is 24.3 Å². The van der Waals surface area contributed by atoms with Crippen LogP contribution in [0.5, 0.6) is 0 Å². The van der Waals surface area contributed by atoms with Gasteiger partial charge in [0.2, 0.25) is 5.95 Å². The molecule has 1 heterocycles. The molecule has 2 rings (SSSR count). The fraction of sp³-hybridized carbons (Fsp3) is 0.231. The Balaban J connectivity index is 1.98. The summed E-state index contributed by atoms with van der Waals surface area (Å²) in [6.45, 7) is 2.35. The van der Waals surface area contributed by atoms with Gasteiger partial charge in [0.05, 0.1) is 0 Å². The molecule has 3 N–H and O–H groups in total. The Kier molecular flexibility index (Phi) is 3.89. The average molecular weight is 264 g/mol. The molecule has 19 heavy (non-hydrogen) atoms. The summed E-state index contributed by atoms with van der Waals surface area (Å²) in [4.78, 5) is 7.90. The number of nitrogens with zero attached hydrogens (tertiary/aromatic N) is 2. The summed E-state index contributed by atoms with van der Waals surface area (Å²) < 4.78 is 26.0. The molecule has 1 aromatic heterocycles. The number of aryl methyl sites for hydroxylation is 1. The van der Waals surface area contributed by atoms with E-state index in [0.717, 1.165) is 11.6 Å². The molecule has 1 aromatic carbocycles. The van der Waals surface area contributed by atoms with E-state index in [-0.39, 0.29) is 5.95 Å². The topological polar surface area (TPSA) is 63.8 Å². The van der Waals surface area contributed by atoms with Crippen molar-refractivity contribution in [1.82, 2.24) is 9.97 Å². The van der Waals surface area contributed by atoms with E-state index >= 15 is 0 Å². The number of hydrogen-bond acceptors (Lipinski definition) is 4. The van der Waals surface area contributed by atoms with E-state index in [4.69, 9.17) is 5.73 Å². The molecule has 0 aliphatic rings. The number of halogens is 2. The van der Waals surface area contributed by atoms with Gasteiger partial charge in [-0.2, -0.15) is 4.98 Å². The van der Waals surface area contributed by atoms with Crippen molar-refractivity contribution in [3.05, 3.63) is 47.2 Å². The van der Waals surface area contributed by atoms with Crippen molar-refractivity contribution >= 4 is 11.8 Å². The summed E-state index contributed by atoms with van der Waals surface area (Å²) in [5.74, 6) is -0.329. The highest BCUT2D eigenvalue weighted by molar-refractivity contribution is 5.45. The van der Waals surface area contributed by atoms with Gasteiger partial charge in [-0.1, -0.05) is 0 Å². The molecule has 0 atom stereocenters. The van der Waals surface area contributed by atoms with Gasteiger partial charge in [-0.3, -0.25) is 0 Å². The first-order chi connectivity index (χ1) is 9.04. The van der Waals surface area contributed by atoms with Gasteiger partial charge in [-0.05, 0) is 31.0 Å². The Morgan fingerprint density at radius 3 is 2.58 bits per heavy atom. The third kappa shape index (κ3) is 3.61. The summed E-state index contributed by atoms with van der Waals surface area (Å²) in [5.41, 5.74) is 6.94. The molecule has 6 heteroatoms. The largest absolute Gasteiger partial charge is 0.369 e. The summed E-state index contributed by atoms with van der Waals surface area (Å²) in [5, 5.41) is 3.07. The first-order valence-electron chi connectivity index (χ1n) is 5.82. The van der Waals surface area contributed by atoms with Crippen molar-refractivity contribution in [1.29, 1.82) is 0 Å².